The number of hydrogen-bond acceptors (Lipinski definition) is 5. The Balaban J connectivity index is 2.06. The molecule has 6 nitrogen and oxygen atoms in total. The first-order valence-corrected chi connectivity index (χ1v) is 8.29. The second-order valence-electron chi connectivity index (χ2n) is 4.74. The van der Waals surface area contributed by atoms with Crippen LogP contribution >= 0.6 is 0 Å². The minimum Gasteiger partial charge on any atom is -0.496 e. The number of methoxy groups -OCH3 is 1. The lowest BCUT2D eigenvalue weighted by atomic mass is 10.1. The van der Waals surface area contributed by atoms with E-state index in [0.29, 0.717) is 5.75 Å². The van der Waals surface area contributed by atoms with Crippen molar-refractivity contribution in [3.8, 4) is 22.8 Å². The zero-order chi connectivity index (χ0) is 15.7. The summed E-state index contributed by atoms with van der Waals surface area (Å²) in [5.41, 5.74) is 2.30. The van der Waals surface area contributed by atoms with Gasteiger partial charge in [0, 0.05) is 24.0 Å². The van der Waals surface area contributed by atoms with Crippen molar-refractivity contribution in [2.45, 2.75) is 0 Å². The Bertz CT molecular complexity index is 899. The van der Waals surface area contributed by atoms with Crippen LogP contribution in [0.5, 0.6) is 11.5 Å². The first-order valence-electron chi connectivity index (χ1n) is 6.48. The van der Waals surface area contributed by atoms with Crippen molar-refractivity contribution >= 4 is 15.8 Å². The van der Waals surface area contributed by atoms with E-state index in [2.05, 4.69) is 4.98 Å². The molecule has 0 amide bonds. The highest BCUT2D eigenvalue weighted by atomic mass is 32.2. The maximum atomic E-state index is 11.2. The van der Waals surface area contributed by atoms with Crippen molar-refractivity contribution in [2.75, 3.05) is 13.4 Å². The molecule has 0 aliphatic heterocycles. The maximum Gasteiger partial charge on any atom is 0.306 e. The quantitative estimate of drug-likeness (QED) is 0.691. The number of aromatic nitrogens is 2. The fraction of sp³-hybridized carbons (Fsp3) is 0.133. The Morgan fingerprint density at radius 3 is 2.68 bits per heavy atom. The monoisotopic (exact) mass is 318 g/mol. The topological polar surface area (TPSA) is 69.9 Å². The van der Waals surface area contributed by atoms with Gasteiger partial charge in [0.15, 0.2) is 0 Å². The van der Waals surface area contributed by atoms with Crippen molar-refractivity contribution in [2.24, 2.45) is 0 Å². The predicted molar refractivity (Wildman–Crippen MR) is 82.7 cm³/mol. The molecule has 0 N–H and O–H groups in total. The van der Waals surface area contributed by atoms with Gasteiger partial charge in [-0.3, -0.25) is 0 Å². The van der Waals surface area contributed by atoms with Crippen LogP contribution in [0.15, 0.2) is 48.8 Å². The normalized spacial score (nSPS) is 11.5. The molecular formula is C15H14N2O4S. The van der Waals surface area contributed by atoms with Gasteiger partial charge in [0.05, 0.1) is 19.1 Å². The molecule has 0 saturated heterocycles. The molecular weight excluding hydrogens is 304 g/mol. The molecule has 0 spiro atoms. The van der Waals surface area contributed by atoms with E-state index in [0.717, 1.165) is 23.2 Å². The van der Waals surface area contributed by atoms with E-state index < -0.39 is 10.1 Å². The summed E-state index contributed by atoms with van der Waals surface area (Å²) in [4.78, 5) is 4.52. The number of pyridine rings is 1. The largest absolute Gasteiger partial charge is 0.496 e. The van der Waals surface area contributed by atoms with Crippen LogP contribution in [0, 0.1) is 0 Å². The van der Waals surface area contributed by atoms with Gasteiger partial charge in [0.2, 0.25) is 0 Å². The Morgan fingerprint density at radius 1 is 1.18 bits per heavy atom. The number of fused-ring (bicyclic) bond motifs is 1. The Hall–Kier alpha value is -2.54. The molecule has 0 unspecified atom stereocenters. The van der Waals surface area contributed by atoms with E-state index in [1.54, 1.807) is 12.1 Å². The summed E-state index contributed by atoms with van der Waals surface area (Å²) in [5.74, 6) is 0.691. The van der Waals surface area contributed by atoms with E-state index in [1.165, 1.54) is 13.2 Å². The molecule has 3 aromatic rings. The van der Waals surface area contributed by atoms with Gasteiger partial charge in [0.1, 0.15) is 17.1 Å². The first kappa shape index (κ1) is 14.4. The van der Waals surface area contributed by atoms with Crippen LogP contribution in [0.2, 0.25) is 0 Å². The third kappa shape index (κ3) is 2.89. The maximum absolute atomic E-state index is 11.2. The Morgan fingerprint density at radius 2 is 2.00 bits per heavy atom. The van der Waals surface area contributed by atoms with Crippen molar-refractivity contribution in [3.05, 3.63) is 48.8 Å². The van der Waals surface area contributed by atoms with E-state index in [9.17, 15) is 8.42 Å². The molecule has 2 heterocycles. The summed E-state index contributed by atoms with van der Waals surface area (Å²) in [7, 11) is -2.06. The average Bonchev–Trinajstić information content (AvgIpc) is 2.89. The summed E-state index contributed by atoms with van der Waals surface area (Å²) in [6.07, 6.45) is 4.78. The van der Waals surface area contributed by atoms with Crippen molar-refractivity contribution in [1.82, 2.24) is 9.38 Å². The molecule has 0 aliphatic carbocycles. The van der Waals surface area contributed by atoms with Crippen LogP contribution in [0.3, 0.4) is 0 Å². The van der Waals surface area contributed by atoms with Crippen molar-refractivity contribution < 1.29 is 17.3 Å². The van der Waals surface area contributed by atoms with Crippen molar-refractivity contribution in [1.29, 1.82) is 0 Å². The standard InChI is InChI=1S/C15H14N2O4S/c1-20-14-9-11(21-22(2,18)19)6-7-12(14)13-10-17-8-4-3-5-15(17)16-13/h3-10H,1-2H3. The van der Waals surface area contributed by atoms with Gasteiger partial charge in [-0.1, -0.05) is 6.07 Å². The second kappa shape index (κ2) is 5.34. The van der Waals surface area contributed by atoms with E-state index in [1.807, 2.05) is 35.0 Å². The van der Waals surface area contributed by atoms with Crippen LogP contribution < -0.4 is 8.92 Å². The summed E-state index contributed by atoms with van der Waals surface area (Å²) in [6.45, 7) is 0. The van der Waals surface area contributed by atoms with E-state index in [4.69, 9.17) is 8.92 Å². The molecule has 0 radical (unpaired) electrons. The molecule has 0 atom stereocenters. The lowest BCUT2D eigenvalue weighted by Crippen LogP contribution is -2.05. The average molecular weight is 318 g/mol. The van der Waals surface area contributed by atoms with Gasteiger partial charge in [-0.25, -0.2) is 4.98 Å². The number of nitrogens with zero attached hydrogens (tertiary/aromatic N) is 2. The first-order chi connectivity index (χ1) is 10.5. The molecule has 7 heteroatoms. The minimum atomic E-state index is -3.58. The Kier molecular flexibility index (Phi) is 3.50. The van der Waals surface area contributed by atoms with Gasteiger partial charge in [-0.15, -0.1) is 0 Å². The lowest BCUT2D eigenvalue weighted by molar-refractivity contribution is 0.413. The van der Waals surface area contributed by atoms with Crippen LogP contribution in [-0.2, 0) is 10.1 Å². The van der Waals surface area contributed by atoms with Gasteiger partial charge >= 0.3 is 10.1 Å². The minimum absolute atomic E-state index is 0.201. The summed E-state index contributed by atoms with van der Waals surface area (Å²) >= 11 is 0. The van der Waals surface area contributed by atoms with Crippen LogP contribution in [0.25, 0.3) is 16.9 Å². The number of ether oxygens (including phenoxy) is 1. The number of hydrogen-bond donors (Lipinski definition) is 0. The third-order valence-corrected chi connectivity index (χ3v) is 3.56. The number of rotatable bonds is 4. The highest BCUT2D eigenvalue weighted by Crippen LogP contribution is 2.33. The third-order valence-electron chi connectivity index (χ3n) is 3.06. The van der Waals surface area contributed by atoms with Crippen LogP contribution in [-0.4, -0.2) is 31.2 Å². The van der Waals surface area contributed by atoms with E-state index in [-0.39, 0.29) is 5.75 Å². The molecule has 0 bridgehead atoms. The molecule has 22 heavy (non-hydrogen) atoms. The molecule has 0 aliphatic rings. The molecule has 1 aromatic carbocycles. The molecule has 0 fully saturated rings. The number of benzene rings is 1. The summed E-state index contributed by atoms with van der Waals surface area (Å²) in [5, 5.41) is 0. The smallest absolute Gasteiger partial charge is 0.306 e. The zero-order valence-electron chi connectivity index (χ0n) is 12.1. The Labute approximate surface area is 128 Å². The van der Waals surface area contributed by atoms with Gasteiger partial charge in [-0.2, -0.15) is 8.42 Å². The molecule has 2 aromatic heterocycles. The van der Waals surface area contributed by atoms with Gasteiger partial charge in [0.25, 0.3) is 0 Å². The van der Waals surface area contributed by atoms with Crippen LogP contribution in [0.4, 0.5) is 0 Å². The fourth-order valence-electron chi connectivity index (χ4n) is 2.17. The van der Waals surface area contributed by atoms with Gasteiger partial charge in [-0.05, 0) is 24.3 Å². The van der Waals surface area contributed by atoms with Gasteiger partial charge < -0.3 is 13.3 Å². The molecule has 0 saturated carbocycles. The second-order valence-corrected chi connectivity index (χ2v) is 6.32. The van der Waals surface area contributed by atoms with Crippen LogP contribution in [0.1, 0.15) is 0 Å². The number of imidazole rings is 1. The lowest BCUT2D eigenvalue weighted by Gasteiger charge is -2.09. The molecule has 114 valence electrons. The highest BCUT2D eigenvalue weighted by Gasteiger charge is 2.13. The fourth-order valence-corrected chi connectivity index (χ4v) is 2.63. The SMILES string of the molecule is COc1cc(OS(C)(=O)=O)ccc1-c1cn2ccccc2n1. The predicted octanol–water partition coefficient (Wildman–Crippen LogP) is 2.35. The van der Waals surface area contributed by atoms with Crippen molar-refractivity contribution in [3.63, 3.8) is 0 Å². The molecule has 3 rings (SSSR count). The summed E-state index contributed by atoms with van der Waals surface area (Å²) < 4.78 is 34.5. The summed E-state index contributed by atoms with van der Waals surface area (Å²) in [6, 6.07) is 10.5. The highest BCUT2D eigenvalue weighted by molar-refractivity contribution is 7.86. The van der Waals surface area contributed by atoms with E-state index >= 15 is 0 Å². The zero-order valence-corrected chi connectivity index (χ0v) is 12.9.